The van der Waals surface area contributed by atoms with Gasteiger partial charge in [-0.3, -0.25) is 9.63 Å². The Morgan fingerprint density at radius 1 is 1.82 bits per heavy atom. The summed E-state index contributed by atoms with van der Waals surface area (Å²) in [6, 6.07) is 0.281. The number of hydrogen-bond acceptors (Lipinski definition) is 2. The molecule has 1 aliphatic heterocycles. The summed E-state index contributed by atoms with van der Waals surface area (Å²) in [4.78, 5) is 16.3. The molecule has 0 N–H and O–H groups in total. The van der Waals surface area contributed by atoms with Gasteiger partial charge < -0.3 is 0 Å². The fourth-order valence-corrected chi connectivity index (χ4v) is 1.98. The highest BCUT2D eigenvalue weighted by molar-refractivity contribution is 14.1. The van der Waals surface area contributed by atoms with Crippen molar-refractivity contribution in [2.75, 3.05) is 4.43 Å². The number of carbonyl (C=O) groups excluding carboxylic acids is 1. The van der Waals surface area contributed by atoms with Crippen molar-refractivity contribution in [2.24, 2.45) is 0 Å². The highest BCUT2D eigenvalue weighted by Gasteiger charge is 2.31. The van der Waals surface area contributed by atoms with E-state index in [0.29, 0.717) is 0 Å². The van der Waals surface area contributed by atoms with Crippen LogP contribution in [-0.4, -0.2) is 27.5 Å². The Bertz CT molecular complexity index is 163. The second-order valence-corrected chi connectivity index (χ2v) is 3.69. The van der Waals surface area contributed by atoms with E-state index in [1.807, 2.05) is 6.92 Å². The number of alkyl halides is 1. The predicted molar refractivity (Wildman–Crippen MR) is 50.4 cm³/mol. The summed E-state index contributed by atoms with van der Waals surface area (Å²) in [6.45, 7) is 3.53. The van der Waals surface area contributed by atoms with Crippen LogP contribution in [0, 0.1) is 0 Å². The summed E-state index contributed by atoms with van der Waals surface area (Å²) >= 11 is 2.27. The van der Waals surface area contributed by atoms with Crippen LogP contribution in [0.3, 0.4) is 0 Å². The molecule has 1 aliphatic rings. The second kappa shape index (κ2) is 3.71. The molecule has 3 nitrogen and oxygen atoms in total. The Balaban J connectivity index is 2.57. The molecule has 0 radical (unpaired) electrons. The third kappa shape index (κ3) is 2.05. The lowest BCUT2D eigenvalue weighted by atomic mass is 10.2. The molecule has 0 aromatic heterocycles. The van der Waals surface area contributed by atoms with E-state index in [-0.39, 0.29) is 18.1 Å². The third-order valence-corrected chi connectivity index (χ3v) is 2.73. The van der Waals surface area contributed by atoms with E-state index in [1.165, 1.54) is 12.0 Å². The van der Waals surface area contributed by atoms with Gasteiger partial charge in [-0.2, -0.15) is 0 Å². The summed E-state index contributed by atoms with van der Waals surface area (Å²) in [5.74, 6) is 0.0102. The number of hydroxylamine groups is 2. The Kier molecular flexibility index (Phi) is 3.12. The molecular weight excluding hydrogens is 257 g/mol. The highest BCUT2D eigenvalue weighted by atomic mass is 127. The molecule has 64 valence electrons. The van der Waals surface area contributed by atoms with Gasteiger partial charge in [-0.1, -0.05) is 22.6 Å². The Morgan fingerprint density at radius 2 is 2.45 bits per heavy atom. The van der Waals surface area contributed by atoms with Crippen molar-refractivity contribution in [3.8, 4) is 0 Å². The van der Waals surface area contributed by atoms with E-state index >= 15 is 0 Å². The first-order valence-corrected chi connectivity index (χ1v) is 5.20. The van der Waals surface area contributed by atoms with Gasteiger partial charge in [-0.25, -0.2) is 5.06 Å². The minimum atomic E-state index is 0.0102. The van der Waals surface area contributed by atoms with Gasteiger partial charge in [0.05, 0.1) is 12.1 Å². The summed E-state index contributed by atoms with van der Waals surface area (Å²) in [7, 11) is 0. The molecule has 0 aliphatic carbocycles. The first-order valence-electron chi connectivity index (χ1n) is 3.67. The Hall–Kier alpha value is 0.160. The van der Waals surface area contributed by atoms with E-state index in [2.05, 4.69) is 22.6 Å². The van der Waals surface area contributed by atoms with Crippen molar-refractivity contribution in [3.05, 3.63) is 0 Å². The van der Waals surface area contributed by atoms with Crippen LogP contribution < -0.4 is 0 Å². The first-order chi connectivity index (χ1) is 5.15. The lowest BCUT2D eigenvalue weighted by Gasteiger charge is -2.18. The molecule has 0 aromatic carbocycles. The van der Waals surface area contributed by atoms with Crippen molar-refractivity contribution in [1.82, 2.24) is 5.06 Å². The minimum absolute atomic E-state index is 0.0102. The van der Waals surface area contributed by atoms with Gasteiger partial charge >= 0.3 is 0 Å². The van der Waals surface area contributed by atoms with Gasteiger partial charge in [0, 0.05) is 11.4 Å². The van der Waals surface area contributed by atoms with Gasteiger partial charge in [-0.05, 0) is 13.3 Å². The van der Waals surface area contributed by atoms with Gasteiger partial charge in [0.15, 0.2) is 0 Å². The van der Waals surface area contributed by atoms with Gasteiger partial charge in [0.25, 0.3) is 0 Å². The number of amides is 1. The normalized spacial score (nSPS) is 31.0. The van der Waals surface area contributed by atoms with Crippen molar-refractivity contribution in [3.63, 3.8) is 0 Å². The second-order valence-electron chi connectivity index (χ2n) is 2.80. The minimum Gasteiger partial charge on any atom is -0.273 e. The molecule has 0 saturated carbocycles. The first kappa shape index (κ1) is 9.25. The number of halogens is 1. The quantitative estimate of drug-likeness (QED) is 0.531. The summed E-state index contributed by atoms with van der Waals surface area (Å²) in [6.07, 6.45) is 1.15. The Labute approximate surface area is 80.2 Å². The molecule has 4 heteroatoms. The lowest BCUT2D eigenvalue weighted by Crippen LogP contribution is -2.33. The lowest BCUT2D eigenvalue weighted by molar-refractivity contribution is -0.181. The van der Waals surface area contributed by atoms with Crippen LogP contribution in [0.25, 0.3) is 0 Å². The topological polar surface area (TPSA) is 29.5 Å². The van der Waals surface area contributed by atoms with Crippen molar-refractivity contribution in [2.45, 2.75) is 32.4 Å². The number of carbonyl (C=O) groups is 1. The molecule has 0 aromatic rings. The molecule has 0 bridgehead atoms. The molecular formula is C7H12INO2. The average molecular weight is 269 g/mol. The third-order valence-electron chi connectivity index (χ3n) is 1.72. The van der Waals surface area contributed by atoms with Crippen LogP contribution in [0.1, 0.15) is 20.3 Å². The molecule has 0 unspecified atom stereocenters. The van der Waals surface area contributed by atoms with Crippen LogP contribution in [0.5, 0.6) is 0 Å². The van der Waals surface area contributed by atoms with Crippen molar-refractivity contribution in [1.29, 1.82) is 0 Å². The SMILES string of the molecule is CC(=O)N1O[C@@H](C)C[C@H]1CI. The zero-order valence-electron chi connectivity index (χ0n) is 6.71. The molecule has 2 atom stereocenters. The monoisotopic (exact) mass is 269 g/mol. The highest BCUT2D eigenvalue weighted by Crippen LogP contribution is 2.22. The molecule has 1 saturated heterocycles. The maximum absolute atomic E-state index is 11.0. The largest absolute Gasteiger partial charge is 0.273 e. The zero-order chi connectivity index (χ0) is 8.43. The molecule has 0 spiro atoms. The van der Waals surface area contributed by atoms with Crippen molar-refractivity contribution >= 4 is 28.5 Å². The van der Waals surface area contributed by atoms with Crippen LogP contribution in [0.4, 0.5) is 0 Å². The van der Waals surface area contributed by atoms with Crippen LogP contribution in [0.15, 0.2) is 0 Å². The number of hydrogen-bond donors (Lipinski definition) is 0. The zero-order valence-corrected chi connectivity index (χ0v) is 8.87. The van der Waals surface area contributed by atoms with Crippen LogP contribution in [0.2, 0.25) is 0 Å². The smallest absolute Gasteiger partial charge is 0.243 e. The molecule has 11 heavy (non-hydrogen) atoms. The molecule has 1 heterocycles. The maximum Gasteiger partial charge on any atom is 0.243 e. The standard InChI is InChI=1S/C7H12INO2/c1-5-3-7(4-8)9(11-5)6(2)10/h5,7H,3-4H2,1-2H3/t5-,7-/m0/s1. The van der Waals surface area contributed by atoms with E-state index in [1.54, 1.807) is 0 Å². The van der Waals surface area contributed by atoms with E-state index < -0.39 is 0 Å². The Morgan fingerprint density at radius 3 is 2.82 bits per heavy atom. The molecule has 1 fully saturated rings. The summed E-state index contributed by atoms with van der Waals surface area (Å²) < 4.78 is 0.946. The van der Waals surface area contributed by atoms with Crippen LogP contribution >= 0.6 is 22.6 Å². The van der Waals surface area contributed by atoms with Gasteiger partial charge in [0.2, 0.25) is 5.91 Å². The molecule has 1 amide bonds. The van der Waals surface area contributed by atoms with E-state index in [4.69, 9.17) is 4.84 Å². The predicted octanol–water partition coefficient (Wildman–Crippen LogP) is 1.36. The number of rotatable bonds is 1. The fraction of sp³-hybridized carbons (Fsp3) is 0.857. The number of nitrogens with zero attached hydrogens (tertiary/aromatic N) is 1. The molecule has 1 rings (SSSR count). The van der Waals surface area contributed by atoms with Crippen molar-refractivity contribution < 1.29 is 9.63 Å². The average Bonchev–Trinajstić information content (AvgIpc) is 2.30. The summed E-state index contributed by atoms with van der Waals surface area (Å²) in [5.41, 5.74) is 0. The van der Waals surface area contributed by atoms with Gasteiger partial charge in [0.1, 0.15) is 0 Å². The van der Waals surface area contributed by atoms with E-state index in [0.717, 1.165) is 10.8 Å². The fourth-order valence-electron chi connectivity index (χ4n) is 1.26. The van der Waals surface area contributed by atoms with Gasteiger partial charge in [-0.15, -0.1) is 0 Å². The van der Waals surface area contributed by atoms with E-state index in [9.17, 15) is 4.79 Å². The van der Waals surface area contributed by atoms with Crippen LogP contribution in [-0.2, 0) is 9.63 Å². The summed E-state index contributed by atoms with van der Waals surface area (Å²) in [5, 5.41) is 1.50. The maximum atomic E-state index is 11.0.